The maximum absolute atomic E-state index is 9.26. The second-order valence-electron chi connectivity index (χ2n) is 4.19. The molecular weight excluding hydrogens is 240 g/mol. The molecular formula is C15H12N2O2. The minimum absolute atomic E-state index is 0.428. The van der Waals surface area contributed by atoms with Gasteiger partial charge in [0.2, 0.25) is 0 Å². The van der Waals surface area contributed by atoms with Gasteiger partial charge in [0.1, 0.15) is 5.71 Å². The molecule has 2 aromatic carbocycles. The smallest absolute Gasteiger partial charge is 0.200 e. The Kier molecular flexibility index (Phi) is 2.98. The predicted octanol–water partition coefficient (Wildman–Crippen LogP) is 2.99. The third-order valence-electron chi connectivity index (χ3n) is 3.00. The maximum atomic E-state index is 9.26. The van der Waals surface area contributed by atoms with E-state index < -0.39 is 6.10 Å². The summed E-state index contributed by atoms with van der Waals surface area (Å²) in [5, 5.41) is 16.7. The van der Waals surface area contributed by atoms with Crippen LogP contribution in [0.5, 0.6) is 0 Å². The van der Waals surface area contributed by atoms with Gasteiger partial charge in [-0.15, -0.1) is 0 Å². The van der Waals surface area contributed by atoms with Gasteiger partial charge in [-0.2, -0.15) is 0 Å². The third-order valence-corrected chi connectivity index (χ3v) is 3.00. The number of rotatable bonds is 2. The Hall–Kier alpha value is -2.62. The molecule has 0 fully saturated rings. The molecule has 1 unspecified atom stereocenters. The van der Waals surface area contributed by atoms with Crippen molar-refractivity contribution in [3.05, 3.63) is 71.8 Å². The zero-order valence-corrected chi connectivity index (χ0v) is 10.1. The molecule has 0 saturated carbocycles. The van der Waals surface area contributed by atoms with Crippen LogP contribution in [0.3, 0.4) is 0 Å². The van der Waals surface area contributed by atoms with E-state index in [1.54, 1.807) is 0 Å². The second-order valence-corrected chi connectivity index (χ2v) is 4.19. The van der Waals surface area contributed by atoms with Crippen molar-refractivity contribution in [2.75, 3.05) is 0 Å². The van der Waals surface area contributed by atoms with E-state index >= 15 is 0 Å². The van der Waals surface area contributed by atoms with Crippen molar-refractivity contribution in [3.8, 4) is 0 Å². The highest BCUT2D eigenvalue weighted by Crippen LogP contribution is 2.27. The van der Waals surface area contributed by atoms with Crippen LogP contribution in [-0.4, -0.2) is 16.6 Å². The van der Waals surface area contributed by atoms with Crippen LogP contribution in [0.1, 0.15) is 17.2 Å². The fraction of sp³-hybridized carbons (Fsp3) is 0.0667. The molecule has 0 radical (unpaired) electrons. The lowest BCUT2D eigenvalue weighted by atomic mass is 9.98. The summed E-state index contributed by atoms with van der Waals surface area (Å²) in [6, 6.07) is 19.1. The lowest BCUT2D eigenvalue weighted by Gasteiger charge is -2.08. The first kappa shape index (κ1) is 11.5. The van der Waals surface area contributed by atoms with Gasteiger partial charge < -0.3 is 10.0 Å². The van der Waals surface area contributed by atoms with E-state index in [4.69, 9.17) is 4.84 Å². The Morgan fingerprint density at radius 1 is 0.947 bits per heavy atom. The molecule has 0 aromatic heterocycles. The number of nitrogens with zero attached hydrogens (tertiary/aromatic N) is 2. The van der Waals surface area contributed by atoms with Gasteiger partial charge >= 0.3 is 0 Å². The fourth-order valence-electron chi connectivity index (χ4n) is 2.07. The van der Waals surface area contributed by atoms with Crippen molar-refractivity contribution in [2.45, 2.75) is 6.10 Å². The van der Waals surface area contributed by atoms with E-state index in [2.05, 4.69) is 10.3 Å². The quantitative estimate of drug-likeness (QED) is 0.659. The summed E-state index contributed by atoms with van der Waals surface area (Å²) in [6.45, 7) is 0. The minimum Gasteiger partial charge on any atom is -0.410 e. The van der Waals surface area contributed by atoms with E-state index in [1.807, 2.05) is 60.7 Å². The highest BCUT2D eigenvalue weighted by Gasteiger charge is 2.32. The number of hydrogen-bond acceptors (Lipinski definition) is 4. The Morgan fingerprint density at radius 3 is 2.21 bits per heavy atom. The van der Waals surface area contributed by atoms with E-state index in [0.717, 1.165) is 11.1 Å². The molecule has 0 saturated heterocycles. The molecule has 19 heavy (non-hydrogen) atoms. The predicted molar refractivity (Wildman–Crippen MR) is 72.5 cm³/mol. The molecule has 1 N–H and O–H groups in total. The largest absolute Gasteiger partial charge is 0.410 e. The molecule has 0 bridgehead atoms. The molecule has 0 amide bonds. The van der Waals surface area contributed by atoms with Crippen LogP contribution in [0, 0.1) is 0 Å². The maximum Gasteiger partial charge on any atom is 0.200 e. The Morgan fingerprint density at radius 2 is 1.58 bits per heavy atom. The molecule has 4 heteroatoms. The highest BCUT2D eigenvalue weighted by atomic mass is 16.6. The third kappa shape index (κ3) is 2.08. The standard InChI is InChI=1S/C15H12N2O2/c18-16-14-13(11-7-3-1-4-8-11)17-19-15(14)12-9-5-2-6-10-12/h1-10,15,18H/b16-14-. The van der Waals surface area contributed by atoms with Crippen LogP contribution in [0.4, 0.5) is 0 Å². The fourth-order valence-corrected chi connectivity index (χ4v) is 2.07. The Balaban J connectivity index is 1.95. The van der Waals surface area contributed by atoms with Gasteiger partial charge in [-0.1, -0.05) is 71.0 Å². The summed E-state index contributed by atoms with van der Waals surface area (Å²) in [6.07, 6.45) is -0.457. The van der Waals surface area contributed by atoms with Crippen molar-refractivity contribution in [2.24, 2.45) is 10.3 Å². The van der Waals surface area contributed by atoms with E-state index in [0.29, 0.717) is 11.4 Å². The van der Waals surface area contributed by atoms with Gasteiger partial charge in [-0.05, 0) is 0 Å². The molecule has 3 rings (SSSR count). The summed E-state index contributed by atoms with van der Waals surface area (Å²) < 4.78 is 0. The zero-order chi connectivity index (χ0) is 13.1. The van der Waals surface area contributed by atoms with E-state index in [1.165, 1.54) is 0 Å². The first-order valence-corrected chi connectivity index (χ1v) is 5.96. The molecule has 1 aliphatic heterocycles. The molecule has 0 aliphatic carbocycles. The number of hydrogen-bond donors (Lipinski definition) is 1. The summed E-state index contributed by atoms with van der Waals surface area (Å²) >= 11 is 0. The SMILES string of the molecule is O/N=C1/C(c2ccccc2)=NOC1c1ccccc1. The number of oxime groups is 2. The monoisotopic (exact) mass is 252 g/mol. The molecule has 0 spiro atoms. The van der Waals surface area contributed by atoms with Gasteiger partial charge in [0.05, 0.1) is 0 Å². The summed E-state index contributed by atoms with van der Waals surface area (Å²) in [5.74, 6) is 0. The van der Waals surface area contributed by atoms with E-state index in [9.17, 15) is 5.21 Å². The van der Waals surface area contributed by atoms with Crippen LogP contribution in [-0.2, 0) is 4.84 Å². The molecule has 1 heterocycles. The van der Waals surface area contributed by atoms with E-state index in [-0.39, 0.29) is 0 Å². The average Bonchev–Trinajstić information content (AvgIpc) is 2.93. The van der Waals surface area contributed by atoms with Crippen LogP contribution >= 0.6 is 0 Å². The highest BCUT2D eigenvalue weighted by molar-refractivity contribution is 6.50. The molecule has 2 aromatic rings. The molecule has 1 aliphatic rings. The normalized spacial score (nSPS) is 20.1. The van der Waals surface area contributed by atoms with Crippen molar-refractivity contribution < 1.29 is 10.0 Å². The Bertz CT molecular complexity index is 621. The molecule has 4 nitrogen and oxygen atoms in total. The zero-order valence-electron chi connectivity index (χ0n) is 10.1. The number of benzene rings is 2. The average molecular weight is 252 g/mol. The first-order valence-electron chi connectivity index (χ1n) is 5.96. The van der Waals surface area contributed by atoms with Crippen molar-refractivity contribution in [1.29, 1.82) is 0 Å². The van der Waals surface area contributed by atoms with Gasteiger partial charge in [-0.3, -0.25) is 0 Å². The van der Waals surface area contributed by atoms with Crippen molar-refractivity contribution in [1.82, 2.24) is 0 Å². The van der Waals surface area contributed by atoms with Gasteiger partial charge in [-0.25, -0.2) is 0 Å². The van der Waals surface area contributed by atoms with Crippen molar-refractivity contribution >= 4 is 11.4 Å². The summed E-state index contributed by atoms with van der Waals surface area (Å²) in [7, 11) is 0. The summed E-state index contributed by atoms with van der Waals surface area (Å²) in [4.78, 5) is 5.41. The van der Waals surface area contributed by atoms with Gasteiger partial charge in [0, 0.05) is 11.1 Å². The first-order chi connectivity index (χ1) is 9.40. The topological polar surface area (TPSA) is 54.2 Å². The van der Waals surface area contributed by atoms with Crippen LogP contribution in [0.15, 0.2) is 71.0 Å². The van der Waals surface area contributed by atoms with Crippen LogP contribution in [0.25, 0.3) is 0 Å². The van der Waals surface area contributed by atoms with Gasteiger partial charge in [0.15, 0.2) is 11.8 Å². The van der Waals surface area contributed by atoms with Gasteiger partial charge in [0.25, 0.3) is 0 Å². The lowest BCUT2D eigenvalue weighted by Crippen LogP contribution is -2.18. The molecule has 1 atom stereocenters. The Labute approximate surface area is 110 Å². The van der Waals surface area contributed by atoms with Crippen LogP contribution < -0.4 is 0 Å². The summed E-state index contributed by atoms with van der Waals surface area (Å²) in [5.41, 5.74) is 2.77. The lowest BCUT2D eigenvalue weighted by molar-refractivity contribution is 0.117. The van der Waals surface area contributed by atoms with Crippen LogP contribution in [0.2, 0.25) is 0 Å². The second kappa shape index (κ2) is 4.94. The molecule has 94 valence electrons. The van der Waals surface area contributed by atoms with Crippen molar-refractivity contribution in [3.63, 3.8) is 0 Å². The minimum atomic E-state index is -0.457.